The van der Waals surface area contributed by atoms with Gasteiger partial charge in [0.25, 0.3) is 5.91 Å². The molecule has 0 radical (unpaired) electrons. The van der Waals surface area contributed by atoms with E-state index in [0.29, 0.717) is 11.7 Å². The van der Waals surface area contributed by atoms with Gasteiger partial charge in [0, 0.05) is 13.1 Å². The van der Waals surface area contributed by atoms with E-state index in [2.05, 4.69) is 15.6 Å². The van der Waals surface area contributed by atoms with Crippen LogP contribution in [0.1, 0.15) is 55.1 Å². The van der Waals surface area contributed by atoms with Crippen LogP contribution in [0.3, 0.4) is 0 Å². The van der Waals surface area contributed by atoms with Crippen molar-refractivity contribution in [1.29, 1.82) is 0 Å². The third kappa shape index (κ3) is 3.95. The Balaban J connectivity index is 0.00000161. The minimum Gasteiger partial charge on any atom is -0.337 e. The number of carbonyl (C=O) groups is 1. The summed E-state index contributed by atoms with van der Waals surface area (Å²) in [5.41, 5.74) is 0.505. The quantitative estimate of drug-likeness (QED) is 0.901. The summed E-state index contributed by atoms with van der Waals surface area (Å²) < 4.78 is 1.88. The van der Waals surface area contributed by atoms with Crippen molar-refractivity contribution in [2.24, 2.45) is 0 Å². The maximum absolute atomic E-state index is 12.4. The lowest BCUT2D eigenvalue weighted by molar-refractivity contribution is 0.0755. The summed E-state index contributed by atoms with van der Waals surface area (Å²) in [5, 5.41) is 11.6. The highest BCUT2D eigenvalue weighted by molar-refractivity contribution is 5.91. The summed E-state index contributed by atoms with van der Waals surface area (Å²) >= 11 is 0. The van der Waals surface area contributed by atoms with E-state index in [1.54, 1.807) is 0 Å². The number of piperidine rings is 1. The number of carbonyl (C=O) groups excluding carboxylic acids is 1. The van der Waals surface area contributed by atoms with Crippen LogP contribution in [0.2, 0.25) is 0 Å². The van der Waals surface area contributed by atoms with Gasteiger partial charge in [-0.15, -0.1) is 17.5 Å². The summed E-state index contributed by atoms with van der Waals surface area (Å²) in [6.45, 7) is 3.75. The van der Waals surface area contributed by atoms with Crippen LogP contribution in [-0.4, -0.2) is 52.0 Å². The van der Waals surface area contributed by atoms with E-state index in [9.17, 15) is 4.79 Å². The van der Waals surface area contributed by atoms with E-state index in [1.165, 1.54) is 12.8 Å². The van der Waals surface area contributed by atoms with Crippen LogP contribution in [0, 0.1) is 0 Å². The van der Waals surface area contributed by atoms with Crippen LogP contribution in [0.4, 0.5) is 0 Å². The predicted molar refractivity (Wildman–Crippen MR) is 82.8 cm³/mol. The largest absolute Gasteiger partial charge is 0.337 e. The minimum absolute atomic E-state index is 0. The van der Waals surface area contributed by atoms with Gasteiger partial charge in [0.05, 0.1) is 12.2 Å². The molecular formula is C14H24ClN5O. The first kappa shape index (κ1) is 16.2. The lowest BCUT2D eigenvalue weighted by Crippen LogP contribution is -2.32. The second-order valence-corrected chi connectivity index (χ2v) is 5.77. The standard InChI is InChI=1S/C14H23N5O.ClH/c20-14(18-9-3-1-2-4-10-18)13-11-19(17-16-13)12-5-7-15-8-6-12;/h11-12,15H,1-10H2;1H. The topological polar surface area (TPSA) is 63.1 Å². The monoisotopic (exact) mass is 313 g/mol. The third-order valence-electron chi connectivity index (χ3n) is 4.31. The zero-order valence-corrected chi connectivity index (χ0v) is 13.1. The number of aromatic nitrogens is 3. The van der Waals surface area contributed by atoms with E-state index in [4.69, 9.17) is 0 Å². The maximum atomic E-state index is 12.4. The average molecular weight is 314 g/mol. The smallest absolute Gasteiger partial charge is 0.276 e. The zero-order chi connectivity index (χ0) is 13.8. The van der Waals surface area contributed by atoms with E-state index in [1.807, 2.05) is 15.8 Å². The van der Waals surface area contributed by atoms with Crippen LogP contribution < -0.4 is 5.32 Å². The van der Waals surface area contributed by atoms with Crippen molar-refractivity contribution in [3.63, 3.8) is 0 Å². The number of nitrogens with zero attached hydrogens (tertiary/aromatic N) is 4. The fourth-order valence-electron chi connectivity index (χ4n) is 3.06. The molecule has 0 aliphatic carbocycles. The fourth-order valence-corrected chi connectivity index (χ4v) is 3.06. The van der Waals surface area contributed by atoms with Crippen molar-refractivity contribution in [2.75, 3.05) is 26.2 Å². The molecule has 6 nitrogen and oxygen atoms in total. The lowest BCUT2D eigenvalue weighted by atomic mass is 10.1. The Bertz CT molecular complexity index is 450. The van der Waals surface area contributed by atoms with Gasteiger partial charge < -0.3 is 10.2 Å². The molecular weight excluding hydrogens is 290 g/mol. The van der Waals surface area contributed by atoms with Crippen molar-refractivity contribution in [1.82, 2.24) is 25.2 Å². The van der Waals surface area contributed by atoms with Gasteiger partial charge in [0.1, 0.15) is 0 Å². The van der Waals surface area contributed by atoms with E-state index < -0.39 is 0 Å². The van der Waals surface area contributed by atoms with Gasteiger partial charge in [0.2, 0.25) is 0 Å². The highest BCUT2D eigenvalue weighted by Crippen LogP contribution is 2.18. The van der Waals surface area contributed by atoms with Crippen LogP contribution in [0.15, 0.2) is 6.20 Å². The Morgan fingerprint density at radius 2 is 1.81 bits per heavy atom. The van der Waals surface area contributed by atoms with Crippen molar-refractivity contribution in [3.8, 4) is 0 Å². The molecule has 1 aromatic rings. The van der Waals surface area contributed by atoms with Crippen molar-refractivity contribution < 1.29 is 4.79 Å². The Labute approximate surface area is 131 Å². The van der Waals surface area contributed by atoms with Gasteiger partial charge in [-0.05, 0) is 38.8 Å². The second-order valence-electron chi connectivity index (χ2n) is 5.77. The van der Waals surface area contributed by atoms with Gasteiger partial charge in [-0.3, -0.25) is 4.79 Å². The Hall–Kier alpha value is -1.14. The van der Waals surface area contributed by atoms with Crippen LogP contribution in [0.25, 0.3) is 0 Å². The van der Waals surface area contributed by atoms with Gasteiger partial charge in [-0.25, -0.2) is 4.68 Å². The molecule has 0 unspecified atom stereocenters. The van der Waals surface area contributed by atoms with Gasteiger partial charge in [-0.2, -0.15) is 0 Å². The fraction of sp³-hybridized carbons (Fsp3) is 0.786. The molecule has 3 rings (SSSR count). The lowest BCUT2D eigenvalue weighted by Gasteiger charge is -2.22. The van der Waals surface area contributed by atoms with Crippen molar-refractivity contribution in [3.05, 3.63) is 11.9 Å². The van der Waals surface area contributed by atoms with Crippen molar-refractivity contribution in [2.45, 2.75) is 44.6 Å². The summed E-state index contributed by atoms with van der Waals surface area (Å²) in [4.78, 5) is 14.4. The Morgan fingerprint density at radius 3 is 2.48 bits per heavy atom. The number of nitrogens with one attached hydrogen (secondary N) is 1. The van der Waals surface area contributed by atoms with E-state index >= 15 is 0 Å². The minimum atomic E-state index is 0. The van der Waals surface area contributed by atoms with E-state index in [-0.39, 0.29) is 18.3 Å². The third-order valence-corrected chi connectivity index (χ3v) is 4.31. The van der Waals surface area contributed by atoms with Gasteiger partial charge in [0.15, 0.2) is 5.69 Å². The predicted octanol–water partition coefficient (Wildman–Crippen LogP) is 1.64. The molecule has 0 atom stereocenters. The normalized spacial score (nSPS) is 20.7. The summed E-state index contributed by atoms with van der Waals surface area (Å²) in [6.07, 6.45) is 8.62. The SMILES string of the molecule is Cl.O=C(c1cn(C2CCNCC2)nn1)N1CCCCCC1. The number of likely N-dealkylation sites (tertiary alicyclic amines) is 1. The molecule has 0 spiro atoms. The number of hydrogen-bond donors (Lipinski definition) is 1. The molecule has 1 N–H and O–H groups in total. The molecule has 2 fully saturated rings. The molecule has 0 bridgehead atoms. The van der Waals surface area contributed by atoms with Crippen LogP contribution >= 0.6 is 12.4 Å². The Morgan fingerprint density at radius 1 is 1.14 bits per heavy atom. The van der Waals surface area contributed by atoms with E-state index in [0.717, 1.165) is 51.9 Å². The number of amides is 1. The average Bonchev–Trinajstić information content (AvgIpc) is 2.83. The van der Waals surface area contributed by atoms with Crippen LogP contribution in [0.5, 0.6) is 0 Å². The molecule has 1 aromatic heterocycles. The van der Waals surface area contributed by atoms with Crippen molar-refractivity contribution >= 4 is 18.3 Å². The summed E-state index contributed by atoms with van der Waals surface area (Å²) in [5.74, 6) is 0.0482. The first-order chi connectivity index (χ1) is 9.84. The zero-order valence-electron chi connectivity index (χ0n) is 12.3. The Kier molecular flexibility index (Phi) is 5.99. The highest BCUT2D eigenvalue weighted by Gasteiger charge is 2.22. The molecule has 2 saturated heterocycles. The molecule has 21 heavy (non-hydrogen) atoms. The van der Waals surface area contributed by atoms with Gasteiger partial charge >= 0.3 is 0 Å². The molecule has 3 heterocycles. The number of hydrogen-bond acceptors (Lipinski definition) is 4. The first-order valence-corrected chi connectivity index (χ1v) is 7.76. The second kappa shape index (κ2) is 7.75. The molecule has 0 aromatic carbocycles. The molecule has 1 amide bonds. The molecule has 2 aliphatic rings. The highest BCUT2D eigenvalue weighted by atomic mass is 35.5. The summed E-state index contributed by atoms with van der Waals surface area (Å²) in [6, 6.07) is 0.384. The maximum Gasteiger partial charge on any atom is 0.276 e. The molecule has 2 aliphatic heterocycles. The first-order valence-electron chi connectivity index (χ1n) is 7.76. The number of halogens is 1. The van der Waals surface area contributed by atoms with Gasteiger partial charge in [-0.1, -0.05) is 18.1 Å². The number of rotatable bonds is 2. The summed E-state index contributed by atoms with van der Waals surface area (Å²) in [7, 11) is 0. The molecule has 7 heteroatoms. The van der Waals surface area contributed by atoms with Crippen LogP contribution in [-0.2, 0) is 0 Å². The molecule has 0 saturated carbocycles. The molecule has 118 valence electrons.